The number of hydrogen-bond acceptors (Lipinski definition) is 2. The number of rotatable bonds is 10. The minimum atomic E-state index is -1.36. The molecule has 0 spiro atoms. The zero-order chi connectivity index (χ0) is 34.6. The average Bonchev–Trinajstić information content (AvgIpc) is 3.18. The first-order valence-corrected chi connectivity index (χ1v) is 22.8. The SMILES string of the molecule is Cc1cc(S(C)(c2ccccc2)c2ccccc2)ccc1SC1=CC=C(Sc2ccc(S(C)(c3ccccc3)c3ccccc3)cc2C)CC1. The zero-order valence-corrected chi connectivity index (χ0v) is 32.5. The molecule has 0 bridgehead atoms. The highest BCUT2D eigenvalue weighted by Gasteiger charge is 2.28. The Labute approximate surface area is 310 Å². The molecule has 50 heavy (non-hydrogen) atoms. The third-order valence-electron chi connectivity index (χ3n) is 9.65. The number of hydrogen-bond donors (Lipinski definition) is 0. The molecule has 0 saturated heterocycles. The minimum Gasteiger partial charge on any atom is -0.163 e. The highest BCUT2D eigenvalue weighted by atomic mass is 32.3. The van der Waals surface area contributed by atoms with Crippen LogP contribution < -0.4 is 0 Å². The van der Waals surface area contributed by atoms with Crippen LogP contribution >= 0.6 is 43.6 Å². The summed E-state index contributed by atoms with van der Waals surface area (Å²) >= 11 is 3.87. The van der Waals surface area contributed by atoms with Crippen LogP contribution in [-0.2, 0) is 0 Å². The molecule has 0 saturated carbocycles. The Morgan fingerprint density at radius 2 is 0.680 bits per heavy atom. The second kappa shape index (κ2) is 15.2. The summed E-state index contributed by atoms with van der Waals surface area (Å²) in [5.41, 5.74) is 2.69. The van der Waals surface area contributed by atoms with Gasteiger partial charge in [0.2, 0.25) is 0 Å². The van der Waals surface area contributed by atoms with Gasteiger partial charge in [-0.2, -0.15) is 20.1 Å². The fourth-order valence-corrected chi connectivity index (χ4v) is 14.5. The highest BCUT2D eigenvalue weighted by Crippen LogP contribution is 2.67. The van der Waals surface area contributed by atoms with Crippen LogP contribution in [0.2, 0.25) is 0 Å². The van der Waals surface area contributed by atoms with Crippen LogP contribution in [-0.4, -0.2) is 12.5 Å². The van der Waals surface area contributed by atoms with Crippen LogP contribution in [0.1, 0.15) is 24.0 Å². The molecular weight excluding hydrogens is 681 g/mol. The zero-order valence-electron chi connectivity index (χ0n) is 29.2. The molecule has 0 N–H and O–H groups in total. The second-order valence-corrected chi connectivity index (χ2v) is 21.8. The molecule has 252 valence electrons. The lowest BCUT2D eigenvalue weighted by molar-refractivity contribution is 1.00. The van der Waals surface area contributed by atoms with Gasteiger partial charge in [0, 0.05) is 9.79 Å². The van der Waals surface area contributed by atoms with E-state index in [1.54, 1.807) is 0 Å². The first-order chi connectivity index (χ1) is 24.4. The van der Waals surface area contributed by atoms with Crippen molar-refractivity contribution in [2.24, 2.45) is 0 Å². The summed E-state index contributed by atoms with van der Waals surface area (Å²) in [5.74, 6) is 0. The minimum absolute atomic E-state index is 1.07. The van der Waals surface area contributed by atoms with Gasteiger partial charge in [0.25, 0.3) is 0 Å². The Hall–Kier alpha value is -3.80. The molecule has 0 radical (unpaired) electrons. The van der Waals surface area contributed by atoms with E-state index in [1.165, 1.54) is 60.1 Å². The highest BCUT2D eigenvalue weighted by molar-refractivity contribution is 8.33. The Balaban J connectivity index is 1.09. The van der Waals surface area contributed by atoms with E-state index >= 15 is 0 Å². The molecule has 0 nitrogen and oxygen atoms in total. The smallest absolute Gasteiger partial charge is 0.0149 e. The largest absolute Gasteiger partial charge is 0.163 e. The van der Waals surface area contributed by atoms with Gasteiger partial charge in [0.05, 0.1) is 0 Å². The van der Waals surface area contributed by atoms with Crippen molar-refractivity contribution in [3.05, 3.63) is 191 Å². The van der Waals surface area contributed by atoms with Gasteiger partial charge in [0.15, 0.2) is 0 Å². The van der Waals surface area contributed by atoms with Crippen molar-refractivity contribution in [1.82, 2.24) is 0 Å². The topological polar surface area (TPSA) is 0 Å². The van der Waals surface area contributed by atoms with Gasteiger partial charge in [-0.1, -0.05) is 108 Å². The van der Waals surface area contributed by atoms with Crippen LogP contribution in [0, 0.1) is 13.8 Å². The number of thioether (sulfide) groups is 2. The summed E-state index contributed by atoms with van der Waals surface area (Å²) in [6, 6.07) is 58.4. The van der Waals surface area contributed by atoms with Crippen LogP contribution in [0.5, 0.6) is 0 Å². The summed E-state index contributed by atoms with van der Waals surface area (Å²) in [4.78, 5) is 13.9. The van der Waals surface area contributed by atoms with E-state index in [4.69, 9.17) is 0 Å². The molecule has 1 aliphatic rings. The van der Waals surface area contributed by atoms with Crippen molar-refractivity contribution in [2.45, 2.75) is 65.9 Å². The van der Waals surface area contributed by atoms with Crippen molar-refractivity contribution in [3.63, 3.8) is 0 Å². The molecule has 4 heteroatoms. The average molecular weight is 725 g/mol. The first-order valence-electron chi connectivity index (χ1n) is 17.1. The third-order valence-corrected chi connectivity index (χ3v) is 19.5. The third kappa shape index (κ3) is 7.05. The molecule has 0 atom stereocenters. The molecule has 1 aliphatic carbocycles. The van der Waals surface area contributed by atoms with Gasteiger partial charge in [-0.3, -0.25) is 0 Å². The predicted octanol–water partition coefficient (Wildman–Crippen LogP) is 14.6. The Kier molecular flexibility index (Phi) is 10.5. The van der Waals surface area contributed by atoms with Crippen LogP contribution in [0.25, 0.3) is 0 Å². The Bertz CT molecular complexity index is 1900. The number of aryl methyl sites for hydroxylation is 2. The van der Waals surface area contributed by atoms with E-state index < -0.39 is 20.1 Å². The molecule has 0 aliphatic heterocycles. The van der Waals surface area contributed by atoms with E-state index in [0.717, 1.165) is 12.8 Å². The maximum Gasteiger partial charge on any atom is 0.0149 e. The maximum atomic E-state index is 2.44. The van der Waals surface area contributed by atoms with Gasteiger partial charge >= 0.3 is 0 Å². The van der Waals surface area contributed by atoms with Crippen molar-refractivity contribution in [3.8, 4) is 0 Å². The number of allylic oxidation sites excluding steroid dienone is 4. The van der Waals surface area contributed by atoms with E-state index in [9.17, 15) is 0 Å². The molecule has 0 unspecified atom stereocenters. The summed E-state index contributed by atoms with van der Waals surface area (Å²) < 4.78 is 0. The molecule has 6 aromatic carbocycles. The summed E-state index contributed by atoms with van der Waals surface area (Å²) in [5, 5.41) is 0. The van der Waals surface area contributed by atoms with Gasteiger partial charge in [-0.15, -0.1) is 0 Å². The first kappa shape index (κ1) is 34.6. The lowest BCUT2D eigenvalue weighted by atomic mass is 10.2. The molecular formula is C46H44S4. The predicted molar refractivity (Wildman–Crippen MR) is 222 cm³/mol. The molecule has 7 rings (SSSR count). The van der Waals surface area contributed by atoms with Gasteiger partial charge < -0.3 is 0 Å². The molecule has 0 heterocycles. The quantitative estimate of drug-likeness (QED) is 0.138. The molecule has 0 aromatic heterocycles. The monoisotopic (exact) mass is 724 g/mol. The second-order valence-electron chi connectivity index (χ2n) is 12.9. The molecule has 0 amide bonds. The summed E-state index contributed by atoms with van der Waals surface area (Å²) in [6.07, 6.45) is 11.7. The molecule has 6 aromatic rings. The van der Waals surface area contributed by atoms with E-state index in [0.29, 0.717) is 0 Å². The van der Waals surface area contributed by atoms with E-state index in [-0.39, 0.29) is 0 Å². The van der Waals surface area contributed by atoms with E-state index in [1.807, 2.05) is 23.5 Å². The summed E-state index contributed by atoms with van der Waals surface area (Å²) in [6.45, 7) is 4.55. The molecule has 0 fully saturated rings. The van der Waals surface area contributed by atoms with Crippen molar-refractivity contribution >= 4 is 43.6 Å². The number of benzene rings is 6. The van der Waals surface area contributed by atoms with Crippen LogP contribution in [0.4, 0.5) is 0 Å². The summed E-state index contributed by atoms with van der Waals surface area (Å²) in [7, 11) is -2.72. The van der Waals surface area contributed by atoms with Gasteiger partial charge in [-0.05, 0) is 174 Å². The van der Waals surface area contributed by atoms with E-state index in [2.05, 4.69) is 196 Å². The fourth-order valence-electron chi connectivity index (χ4n) is 6.62. The Morgan fingerprint density at radius 3 is 0.940 bits per heavy atom. The Morgan fingerprint density at radius 1 is 0.380 bits per heavy atom. The van der Waals surface area contributed by atoms with Gasteiger partial charge in [0.1, 0.15) is 0 Å². The lowest BCUT2D eigenvalue weighted by Crippen LogP contribution is -2.02. The fraction of sp³-hybridized carbons (Fsp3) is 0.130. The standard InChI is InChI=1S/C46H44S4/c1-35-33-43(49(3,39-17-9-5-10-18-39)40-19-11-6-12-20-40)29-31-45(35)47-37-25-27-38(28-26-37)48-46-32-30-44(34-36(46)2)50(4,41-21-13-7-14-22-41)42-23-15-8-16-24-42/h5-25,27,29-34H,26,28H2,1-4H3. The lowest BCUT2D eigenvalue weighted by Gasteiger charge is -2.38. The van der Waals surface area contributed by atoms with Crippen LogP contribution in [0.15, 0.2) is 219 Å². The maximum absolute atomic E-state index is 2.44. The van der Waals surface area contributed by atoms with Crippen molar-refractivity contribution in [2.75, 3.05) is 12.5 Å². The normalized spacial score (nSPS) is 14.1. The van der Waals surface area contributed by atoms with Gasteiger partial charge in [-0.25, -0.2) is 0 Å². The van der Waals surface area contributed by atoms with Crippen LogP contribution in [0.3, 0.4) is 0 Å². The van der Waals surface area contributed by atoms with Crippen molar-refractivity contribution in [1.29, 1.82) is 0 Å². The van der Waals surface area contributed by atoms with Crippen molar-refractivity contribution < 1.29 is 0 Å².